The summed E-state index contributed by atoms with van der Waals surface area (Å²) in [4.78, 5) is 12.8. The lowest BCUT2D eigenvalue weighted by molar-refractivity contribution is 1.05. The minimum atomic E-state index is 0.0705. The molecule has 0 aliphatic rings. The molecule has 0 spiro atoms. The van der Waals surface area contributed by atoms with Gasteiger partial charge in [0.25, 0.3) is 0 Å². The maximum atomic E-state index is 5.75. The third-order valence-corrected chi connectivity index (χ3v) is 3.79. The molecular formula is C12H12Cl2N4S. The lowest BCUT2D eigenvalue weighted by Crippen LogP contribution is -2.00. The van der Waals surface area contributed by atoms with Crippen molar-refractivity contribution in [3.8, 4) is 0 Å². The van der Waals surface area contributed by atoms with Crippen LogP contribution in [0.4, 0.5) is 11.6 Å². The molecule has 0 unspecified atom stereocenters. The zero-order valence-corrected chi connectivity index (χ0v) is 12.6. The standard InChI is InChI=1S/C12H12Cl2N4S/c1-2-7-19-9-6-4-3-5-8(9)15-12-17-10(13)16-11(14)18-12/h3-6H,2,7H2,1H3,(H,15,16,17,18). The van der Waals surface area contributed by atoms with Crippen LogP contribution >= 0.6 is 35.0 Å². The third kappa shape index (κ3) is 4.23. The van der Waals surface area contributed by atoms with Gasteiger partial charge in [-0.05, 0) is 47.5 Å². The third-order valence-electron chi connectivity index (χ3n) is 2.18. The molecule has 0 aliphatic heterocycles. The monoisotopic (exact) mass is 314 g/mol. The molecule has 0 aliphatic carbocycles. The summed E-state index contributed by atoms with van der Waals surface area (Å²) in [6.07, 6.45) is 1.11. The Kier molecular flexibility index (Phi) is 5.24. The highest BCUT2D eigenvalue weighted by Crippen LogP contribution is 2.29. The first-order valence-electron chi connectivity index (χ1n) is 5.75. The molecule has 100 valence electrons. The highest BCUT2D eigenvalue weighted by molar-refractivity contribution is 7.99. The van der Waals surface area contributed by atoms with Gasteiger partial charge in [-0.2, -0.15) is 15.0 Å². The maximum absolute atomic E-state index is 5.75. The molecule has 1 N–H and O–H groups in total. The van der Waals surface area contributed by atoms with E-state index in [9.17, 15) is 0 Å². The van der Waals surface area contributed by atoms with Crippen LogP contribution in [0.25, 0.3) is 0 Å². The highest BCUT2D eigenvalue weighted by atomic mass is 35.5. The number of thioether (sulfide) groups is 1. The van der Waals surface area contributed by atoms with Gasteiger partial charge in [0.15, 0.2) is 0 Å². The number of benzene rings is 1. The van der Waals surface area contributed by atoms with Crippen LogP contribution in [-0.4, -0.2) is 20.7 Å². The van der Waals surface area contributed by atoms with Gasteiger partial charge in [-0.15, -0.1) is 11.8 Å². The minimum absolute atomic E-state index is 0.0705. The van der Waals surface area contributed by atoms with E-state index in [2.05, 4.69) is 27.2 Å². The minimum Gasteiger partial charge on any atom is -0.323 e. The van der Waals surface area contributed by atoms with E-state index in [1.807, 2.05) is 24.3 Å². The average Bonchev–Trinajstić information content (AvgIpc) is 2.36. The Labute approximate surface area is 126 Å². The molecule has 1 aromatic heterocycles. The van der Waals surface area contributed by atoms with Gasteiger partial charge < -0.3 is 5.32 Å². The van der Waals surface area contributed by atoms with Gasteiger partial charge in [-0.25, -0.2) is 0 Å². The molecule has 2 aromatic rings. The van der Waals surface area contributed by atoms with Crippen molar-refractivity contribution < 1.29 is 0 Å². The molecule has 1 aromatic carbocycles. The summed E-state index contributed by atoms with van der Waals surface area (Å²) < 4.78 is 0. The van der Waals surface area contributed by atoms with Crippen molar-refractivity contribution in [3.63, 3.8) is 0 Å². The van der Waals surface area contributed by atoms with Gasteiger partial charge in [-0.3, -0.25) is 0 Å². The van der Waals surface area contributed by atoms with E-state index in [1.165, 1.54) is 0 Å². The van der Waals surface area contributed by atoms with Crippen LogP contribution in [0.2, 0.25) is 10.6 Å². The molecule has 19 heavy (non-hydrogen) atoms. The Bertz CT molecular complexity index is 545. The lowest BCUT2D eigenvalue weighted by atomic mass is 10.3. The van der Waals surface area contributed by atoms with Gasteiger partial charge >= 0.3 is 0 Å². The number of nitrogens with one attached hydrogen (secondary N) is 1. The fourth-order valence-corrected chi connectivity index (χ4v) is 2.65. The first-order valence-corrected chi connectivity index (χ1v) is 7.49. The summed E-state index contributed by atoms with van der Waals surface area (Å²) in [5.74, 6) is 1.40. The molecule has 0 atom stereocenters. The molecule has 7 heteroatoms. The van der Waals surface area contributed by atoms with E-state index < -0.39 is 0 Å². The fraction of sp³-hybridized carbons (Fsp3) is 0.250. The van der Waals surface area contributed by atoms with Crippen LogP contribution < -0.4 is 5.32 Å². The van der Waals surface area contributed by atoms with Gasteiger partial charge in [0, 0.05) is 4.90 Å². The first kappa shape index (κ1) is 14.4. The number of anilines is 2. The number of hydrogen-bond donors (Lipinski definition) is 1. The number of rotatable bonds is 5. The number of nitrogens with zero attached hydrogens (tertiary/aromatic N) is 3. The van der Waals surface area contributed by atoms with Crippen molar-refractivity contribution in [2.75, 3.05) is 11.1 Å². The normalized spacial score (nSPS) is 10.5. The number of para-hydroxylation sites is 1. The molecule has 1 heterocycles. The smallest absolute Gasteiger partial charge is 0.232 e. The number of halogens is 2. The first-order chi connectivity index (χ1) is 9.19. The van der Waals surface area contributed by atoms with Crippen molar-refractivity contribution in [1.82, 2.24) is 15.0 Å². The summed E-state index contributed by atoms with van der Waals surface area (Å²) in [5, 5.41) is 3.25. The second-order valence-corrected chi connectivity index (χ2v) is 5.48. The van der Waals surface area contributed by atoms with E-state index in [0.717, 1.165) is 22.8 Å². The Morgan fingerprint density at radius 2 is 1.79 bits per heavy atom. The van der Waals surface area contributed by atoms with Crippen molar-refractivity contribution in [3.05, 3.63) is 34.8 Å². The Balaban J connectivity index is 2.22. The Morgan fingerprint density at radius 3 is 2.47 bits per heavy atom. The van der Waals surface area contributed by atoms with Crippen LogP contribution in [0.5, 0.6) is 0 Å². The molecule has 0 bridgehead atoms. The van der Waals surface area contributed by atoms with Crippen LogP contribution in [0.1, 0.15) is 13.3 Å². The van der Waals surface area contributed by atoms with E-state index >= 15 is 0 Å². The van der Waals surface area contributed by atoms with Crippen LogP contribution in [0, 0.1) is 0 Å². The number of aromatic nitrogens is 3. The molecule has 0 radical (unpaired) electrons. The predicted octanol–water partition coefficient (Wildman–Crippen LogP) is 4.42. The molecule has 0 saturated heterocycles. The summed E-state index contributed by atoms with van der Waals surface area (Å²) in [6.45, 7) is 2.15. The van der Waals surface area contributed by atoms with Crippen LogP contribution in [0.15, 0.2) is 29.2 Å². The SMILES string of the molecule is CCCSc1ccccc1Nc1nc(Cl)nc(Cl)n1. The summed E-state index contributed by atoms with van der Waals surface area (Å²) in [6, 6.07) is 7.95. The molecule has 0 amide bonds. The average molecular weight is 315 g/mol. The topological polar surface area (TPSA) is 50.7 Å². The van der Waals surface area contributed by atoms with Crippen LogP contribution in [-0.2, 0) is 0 Å². The second-order valence-electron chi connectivity index (χ2n) is 3.67. The zero-order chi connectivity index (χ0) is 13.7. The van der Waals surface area contributed by atoms with Gasteiger partial charge in [-0.1, -0.05) is 19.1 Å². The fourth-order valence-electron chi connectivity index (χ4n) is 1.41. The van der Waals surface area contributed by atoms with Crippen molar-refractivity contribution in [2.24, 2.45) is 0 Å². The van der Waals surface area contributed by atoms with Crippen LogP contribution in [0.3, 0.4) is 0 Å². The van der Waals surface area contributed by atoms with Crippen molar-refractivity contribution >= 4 is 46.6 Å². The summed E-state index contributed by atoms with van der Waals surface area (Å²) in [7, 11) is 0. The van der Waals surface area contributed by atoms with Crippen molar-refractivity contribution in [2.45, 2.75) is 18.2 Å². The number of hydrogen-bond acceptors (Lipinski definition) is 5. The molecule has 2 rings (SSSR count). The lowest BCUT2D eigenvalue weighted by Gasteiger charge is -2.10. The summed E-state index contributed by atoms with van der Waals surface area (Å²) in [5.41, 5.74) is 0.930. The van der Waals surface area contributed by atoms with E-state index in [1.54, 1.807) is 11.8 Å². The summed E-state index contributed by atoms with van der Waals surface area (Å²) >= 11 is 13.3. The quantitative estimate of drug-likeness (QED) is 0.828. The van der Waals surface area contributed by atoms with E-state index in [0.29, 0.717) is 5.95 Å². The second kappa shape index (κ2) is 6.93. The molecule has 0 saturated carbocycles. The molecular weight excluding hydrogens is 303 g/mol. The van der Waals surface area contributed by atoms with Gasteiger partial charge in [0.1, 0.15) is 0 Å². The largest absolute Gasteiger partial charge is 0.323 e. The Morgan fingerprint density at radius 1 is 1.11 bits per heavy atom. The molecule has 0 fully saturated rings. The molecule has 4 nitrogen and oxygen atoms in total. The highest BCUT2D eigenvalue weighted by Gasteiger charge is 2.06. The Hall–Kier alpha value is -1.04. The predicted molar refractivity (Wildman–Crippen MR) is 80.6 cm³/mol. The zero-order valence-electron chi connectivity index (χ0n) is 10.2. The van der Waals surface area contributed by atoms with E-state index in [4.69, 9.17) is 23.2 Å². The van der Waals surface area contributed by atoms with Crippen molar-refractivity contribution in [1.29, 1.82) is 0 Å². The van der Waals surface area contributed by atoms with E-state index in [-0.39, 0.29) is 10.6 Å². The van der Waals surface area contributed by atoms with Gasteiger partial charge in [0.2, 0.25) is 16.5 Å². The van der Waals surface area contributed by atoms with Gasteiger partial charge in [0.05, 0.1) is 5.69 Å². The maximum Gasteiger partial charge on any atom is 0.232 e.